The predicted octanol–water partition coefficient (Wildman–Crippen LogP) is 4.18. The Morgan fingerprint density at radius 2 is 1.71 bits per heavy atom. The van der Waals surface area contributed by atoms with Crippen molar-refractivity contribution in [3.8, 4) is 11.5 Å². The van der Waals surface area contributed by atoms with E-state index in [0.717, 1.165) is 21.9 Å². The third-order valence-corrected chi connectivity index (χ3v) is 4.24. The summed E-state index contributed by atoms with van der Waals surface area (Å²) >= 11 is 0. The predicted molar refractivity (Wildman–Crippen MR) is 107 cm³/mol. The summed E-state index contributed by atoms with van der Waals surface area (Å²) in [6.45, 7) is 0. The topological polar surface area (TPSA) is 61.8 Å². The number of methoxy groups -OCH3 is 2. The molecule has 3 rings (SSSR count). The molecule has 0 unspecified atom stereocenters. The molecule has 28 heavy (non-hydrogen) atoms. The molecule has 0 saturated heterocycles. The van der Waals surface area contributed by atoms with Crippen LogP contribution in [0.2, 0.25) is 0 Å². The van der Waals surface area contributed by atoms with Gasteiger partial charge in [-0.2, -0.15) is 0 Å². The Bertz CT molecular complexity index is 1030. The number of ether oxygens (including phenoxy) is 3. The number of fused-ring (bicyclic) bond motifs is 1. The van der Waals surface area contributed by atoms with E-state index in [1.165, 1.54) is 20.3 Å². The largest absolute Gasteiger partial charge is 0.493 e. The minimum absolute atomic E-state index is 0.147. The number of esters is 2. The summed E-state index contributed by atoms with van der Waals surface area (Å²) in [6.07, 6.45) is 3.05. The van der Waals surface area contributed by atoms with Crippen molar-refractivity contribution in [3.63, 3.8) is 0 Å². The van der Waals surface area contributed by atoms with Crippen molar-refractivity contribution in [3.05, 3.63) is 77.9 Å². The second-order valence-corrected chi connectivity index (χ2v) is 6.06. The Hall–Kier alpha value is -3.60. The van der Waals surface area contributed by atoms with E-state index in [1.807, 2.05) is 42.5 Å². The maximum Gasteiger partial charge on any atom is 0.330 e. The molecular weight excluding hydrogens is 356 g/mol. The van der Waals surface area contributed by atoms with Crippen LogP contribution in [0.15, 0.2) is 66.7 Å². The second kappa shape index (κ2) is 8.86. The van der Waals surface area contributed by atoms with E-state index in [4.69, 9.17) is 9.47 Å². The van der Waals surface area contributed by atoms with Crippen molar-refractivity contribution >= 4 is 28.8 Å². The van der Waals surface area contributed by atoms with Crippen LogP contribution in [0, 0.1) is 0 Å². The van der Waals surface area contributed by atoms with Crippen LogP contribution < -0.4 is 9.47 Å². The molecule has 142 valence electrons. The molecule has 0 aliphatic heterocycles. The van der Waals surface area contributed by atoms with Gasteiger partial charge in [0.2, 0.25) is 0 Å². The van der Waals surface area contributed by atoms with Crippen molar-refractivity contribution in [1.29, 1.82) is 0 Å². The molecule has 0 amide bonds. The monoisotopic (exact) mass is 376 g/mol. The van der Waals surface area contributed by atoms with Crippen molar-refractivity contribution in [2.45, 2.75) is 6.42 Å². The quantitative estimate of drug-likeness (QED) is 0.367. The minimum atomic E-state index is -0.454. The zero-order valence-corrected chi connectivity index (χ0v) is 15.7. The second-order valence-electron chi connectivity index (χ2n) is 6.06. The Labute approximate surface area is 163 Å². The number of carbonyl (C=O) groups excluding carboxylic acids is 2. The highest BCUT2D eigenvalue weighted by Gasteiger charge is 2.13. The van der Waals surface area contributed by atoms with E-state index in [9.17, 15) is 9.59 Å². The van der Waals surface area contributed by atoms with Gasteiger partial charge >= 0.3 is 11.9 Å². The smallest absolute Gasteiger partial charge is 0.330 e. The first-order chi connectivity index (χ1) is 13.6. The molecule has 0 aromatic heterocycles. The van der Waals surface area contributed by atoms with E-state index in [0.29, 0.717) is 11.5 Å². The van der Waals surface area contributed by atoms with Gasteiger partial charge in [-0.15, -0.1) is 0 Å². The molecule has 0 radical (unpaired) electrons. The summed E-state index contributed by atoms with van der Waals surface area (Å²) in [5.74, 6) is -0.113. The van der Waals surface area contributed by atoms with Crippen LogP contribution in [0.5, 0.6) is 11.5 Å². The average molecular weight is 376 g/mol. The molecule has 0 aliphatic rings. The molecule has 5 nitrogen and oxygen atoms in total. The van der Waals surface area contributed by atoms with E-state index in [-0.39, 0.29) is 12.4 Å². The molecule has 3 aromatic carbocycles. The van der Waals surface area contributed by atoms with Gasteiger partial charge in [-0.1, -0.05) is 48.5 Å². The van der Waals surface area contributed by atoms with E-state index < -0.39 is 5.97 Å². The highest BCUT2D eigenvalue weighted by Crippen LogP contribution is 2.29. The van der Waals surface area contributed by atoms with Crippen molar-refractivity contribution in [2.24, 2.45) is 0 Å². The number of rotatable bonds is 6. The fraction of sp³-hybridized carbons (Fsp3) is 0.130. The molecular formula is C23H20O5. The van der Waals surface area contributed by atoms with Gasteiger partial charge in [0.25, 0.3) is 0 Å². The maximum absolute atomic E-state index is 12.5. The maximum atomic E-state index is 12.5. The highest BCUT2D eigenvalue weighted by molar-refractivity contribution is 5.89. The third-order valence-electron chi connectivity index (χ3n) is 4.24. The summed E-state index contributed by atoms with van der Waals surface area (Å²) in [4.78, 5) is 23.7. The molecule has 0 bridgehead atoms. The summed E-state index contributed by atoms with van der Waals surface area (Å²) in [5, 5.41) is 2.10. The number of hydrogen-bond acceptors (Lipinski definition) is 5. The fourth-order valence-electron chi connectivity index (χ4n) is 2.87. The number of carbonyl (C=O) groups is 2. The molecule has 0 saturated carbocycles. The van der Waals surface area contributed by atoms with Crippen LogP contribution in [0.1, 0.15) is 11.1 Å². The van der Waals surface area contributed by atoms with Crippen molar-refractivity contribution in [2.75, 3.05) is 14.2 Å². The van der Waals surface area contributed by atoms with Gasteiger partial charge in [0, 0.05) is 6.08 Å². The van der Waals surface area contributed by atoms with Gasteiger partial charge in [-0.05, 0) is 40.1 Å². The van der Waals surface area contributed by atoms with Gasteiger partial charge in [0.05, 0.1) is 20.6 Å². The molecule has 3 aromatic rings. The zero-order chi connectivity index (χ0) is 19.9. The summed E-state index contributed by atoms with van der Waals surface area (Å²) in [5.41, 5.74) is 1.62. The lowest BCUT2D eigenvalue weighted by Gasteiger charge is -2.11. The van der Waals surface area contributed by atoms with Crippen LogP contribution in [0.4, 0.5) is 0 Å². The van der Waals surface area contributed by atoms with Gasteiger partial charge < -0.3 is 14.2 Å². The Kier molecular flexibility index (Phi) is 6.07. The molecule has 0 spiro atoms. The number of hydrogen-bond donors (Lipinski definition) is 0. The van der Waals surface area contributed by atoms with Gasteiger partial charge in [0.1, 0.15) is 0 Å². The summed E-state index contributed by atoms with van der Waals surface area (Å²) in [7, 11) is 2.80. The van der Waals surface area contributed by atoms with Gasteiger partial charge in [0.15, 0.2) is 11.5 Å². The molecule has 0 fully saturated rings. The van der Waals surface area contributed by atoms with E-state index in [1.54, 1.807) is 24.3 Å². The molecule has 0 atom stereocenters. The van der Waals surface area contributed by atoms with Crippen LogP contribution >= 0.6 is 0 Å². The first kappa shape index (κ1) is 19.2. The van der Waals surface area contributed by atoms with E-state index in [2.05, 4.69) is 4.74 Å². The lowest BCUT2D eigenvalue weighted by Crippen LogP contribution is -2.12. The normalized spacial score (nSPS) is 10.8. The van der Waals surface area contributed by atoms with Crippen LogP contribution in [0.3, 0.4) is 0 Å². The van der Waals surface area contributed by atoms with Crippen LogP contribution in [-0.4, -0.2) is 26.2 Å². The Morgan fingerprint density at radius 1 is 0.929 bits per heavy atom. The van der Waals surface area contributed by atoms with Crippen LogP contribution in [0.25, 0.3) is 16.8 Å². The highest BCUT2D eigenvalue weighted by atomic mass is 16.6. The van der Waals surface area contributed by atoms with Crippen molar-refractivity contribution < 1.29 is 23.8 Å². The summed E-state index contributed by atoms with van der Waals surface area (Å²) in [6, 6.07) is 18.8. The molecule has 0 N–H and O–H groups in total. The third kappa shape index (κ3) is 4.57. The molecule has 0 aliphatic carbocycles. The van der Waals surface area contributed by atoms with Crippen LogP contribution in [-0.2, 0) is 20.7 Å². The Balaban J connectivity index is 1.76. The zero-order valence-electron chi connectivity index (χ0n) is 15.7. The SMILES string of the molecule is COC(=O)/C=C/c1ccc(OC(=O)Cc2cccc3ccccc23)c(OC)c1. The number of benzene rings is 3. The molecule has 0 heterocycles. The first-order valence-corrected chi connectivity index (χ1v) is 8.72. The van der Waals surface area contributed by atoms with Crippen molar-refractivity contribution in [1.82, 2.24) is 0 Å². The fourth-order valence-corrected chi connectivity index (χ4v) is 2.87. The lowest BCUT2D eigenvalue weighted by atomic mass is 10.0. The lowest BCUT2D eigenvalue weighted by molar-refractivity contribution is -0.135. The Morgan fingerprint density at radius 3 is 2.50 bits per heavy atom. The first-order valence-electron chi connectivity index (χ1n) is 8.72. The summed E-state index contributed by atoms with van der Waals surface area (Å²) < 4.78 is 15.4. The van der Waals surface area contributed by atoms with E-state index >= 15 is 0 Å². The molecule has 5 heteroatoms. The van der Waals surface area contributed by atoms with Gasteiger partial charge in [-0.3, -0.25) is 4.79 Å². The average Bonchev–Trinajstić information content (AvgIpc) is 2.73. The van der Waals surface area contributed by atoms with Gasteiger partial charge in [-0.25, -0.2) is 4.79 Å². The standard InChI is InChI=1S/C23H20O5/c1-26-21-14-16(11-13-22(24)27-2)10-12-20(21)28-23(25)15-18-8-5-7-17-6-3-4-9-19(17)18/h3-14H,15H2,1-2H3/b13-11+. The minimum Gasteiger partial charge on any atom is -0.493 e.